The Labute approximate surface area is 152 Å². The van der Waals surface area contributed by atoms with Gasteiger partial charge in [-0.15, -0.1) is 0 Å². The normalized spacial score (nSPS) is 22.7. The van der Waals surface area contributed by atoms with Crippen LogP contribution in [0.4, 0.5) is 0 Å². The molecule has 1 rings (SSSR count). The van der Waals surface area contributed by atoms with Crippen LogP contribution in [0.5, 0.6) is 0 Å². The Morgan fingerprint density at radius 1 is 1.23 bits per heavy atom. The number of methoxy groups -OCH3 is 2. The van der Waals surface area contributed by atoms with Gasteiger partial charge in [0.1, 0.15) is 6.61 Å². The molecule has 0 N–H and O–H groups in total. The summed E-state index contributed by atoms with van der Waals surface area (Å²) < 4.78 is 14.3. The van der Waals surface area contributed by atoms with E-state index in [2.05, 4.69) is 16.1 Å². The van der Waals surface area contributed by atoms with Crippen LogP contribution in [-0.4, -0.2) is 61.3 Å². The van der Waals surface area contributed by atoms with Crippen molar-refractivity contribution in [2.24, 2.45) is 5.41 Å². The molecule has 0 bridgehead atoms. The number of esters is 3. The monoisotopic (exact) mass is 371 g/mol. The van der Waals surface area contributed by atoms with E-state index in [0.29, 0.717) is 0 Å². The van der Waals surface area contributed by atoms with E-state index in [1.165, 1.54) is 13.2 Å². The molecule has 0 saturated carbocycles. The van der Waals surface area contributed by atoms with Gasteiger partial charge in [-0.25, -0.2) is 5.06 Å². The van der Waals surface area contributed by atoms with Crippen molar-refractivity contribution in [3.8, 4) is 0 Å². The minimum Gasteiger partial charge on any atom is -0.469 e. The van der Waals surface area contributed by atoms with Crippen molar-refractivity contribution in [1.82, 2.24) is 5.06 Å². The van der Waals surface area contributed by atoms with Gasteiger partial charge >= 0.3 is 17.9 Å². The zero-order valence-corrected chi connectivity index (χ0v) is 15.7. The summed E-state index contributed by atoms with van der Waals surface area (Å²) >= 11 is 0. The number of nitrogens with zero attached hydrogens (tertiary/aromatic N) is 1. The maximum atomic E-state index is 13.0. The Hall–Kier alpha value is -2.42. The zero-order valence-electron chi connectivity index (χ0n) is 15.7. The van der Waals surface area contributed by atoms with Crippen molar-refractivity contribution in [3.05, 3.63) is 12.7 Å². The lowest BCUT2D eigenvalue weighted by atomic mass is 9.84. The Bertz CT molecular complexity index is 594. The van der Waals surface area contributed by atoms with E-state index in [1.54, 1.807) is 20.8 Å². The van der Waals surface area contributed by atoms with Crippen LogP contribution in [0.1, 0.15) is 33.6 Å². The highest BCUT2D eigenvalue weighted by molar-refractivity contribution is 6.20. The van der Waals surface area contributed by atoms with E-state index in [1.807, 2.05) is 0 Å². The summed E-state index contributed by atoms with van der Waals surface area (Å²) in [5.74, 6) is -3.72. The van der Waals surface area contributed by atoms with Gasteiger partial charge < -0.3 is 14.2 Å². The maximum absolute atomic E-state index is 13.0. The van der Waals surface area contributed by atoms with Gasteiger partial charge in [0.05, 0.1) is 32.3 Å². The lowest BCUT2D eigenvalue weighted by Gasteiger charge is -2.30. The molecular formula is C17H25NO8. The van der Waals surface area contributed by atoms with Crippen LogP contribution in [0.15, 0.2) is 12.7 Å². The molecule has 0 aliphatic carbocycles. The van der Waals surface area contributed by atoms with E-state index >= 15 is 0 Å². The fourth-order valence-electron chi connectivity index (χ4n) is 2.58. The molecule has 1 aliphatic heterocycles. The Morgan fingerprint density at radius 3 is 2.31 bits per heavy atom. The summed E-state index contributed by atoms with van der Waals surface area (Å²) in [6.45, 7) is 8.28. The Balaban J connectivity index is 3.34. The second-order valence-corrected chi connectivity index (χ2v) is 6.76. The smallest absolute Gasteiger partial charge is 0.333 e. The maximum Gasteiger partial charge on any atom is 0.333 e. The van der Waals surface area contributed by atoms with E-state index in [9.17, 15) is 19.2 Å². The molecule has 9 nitrogen and oxygen atoms in total. The van der Waals surface area contributed by atoms with E-state index in [0.717, 1.165) is 12.2 Å². The molecule has 0 aromatic rings. The summed E-state index contributed by atoms with van der Waals surface area (Å²) in [4.78, 5) is 55.3. The van der Waals surface area contributed by atoms with Crippen LogP contribution < -0.4 is 0 Å². The first-order valence-corrected chi connectivity index (χ1v) is 7.99. The summed E-state index contributed by atoms with van der Waals surface area (Å²) in [6, 6.07) is -0.899. The van der Waals surface area contributed by atoms with E-state index < -0.39 is 40.9 Å². The van der Waals surface area contributed by atoms with E-state index in [-0.39, 0.29) is 19.4 Å². The first-order chi connectivity index (χ1) is 12.0. The lowest BCUT2D eigenvalue weighted by molar-refractivity contribution is -0.236. The third-order valence-corrected chi connectivity index (χ3v) is 3.66. The van der Waals surface area contributed by atoms with Crippen LogP contribution >= 0.6 is 0 Å². The highest BCUT2D eigenvalue weighted by Gasteiger charge is 2.65. The molecule has 2 atom stereocenters. The first-order valence-electron chi connectivity index (χ1n) is 7.99. The van der Waals surface area contributed by atoms with Crippen molar-refractivity contribution < 1.29 is 38.2 Å². The van der Waals surface area contributed by atoms with Gasteiger partial charge in [0, 0.05) is 6.42 Å². The lowest BCUT2D eigenvalue weighted by Crippen LogP contribution is -2.49. The van der Waals surface area contributed by atoms with Crippen LogP contribution in [-0.2, 0) is 38.2 Å². The summed E-state index contributed by atoms with van der Waals surface area (Å²) in [6.07, 6.45) is 0.711. The number of hydrogen-bond donors (Lipinski definition) is 0. The molecule has 146 valence electrons. The van der Waals surface area contributed by atoms with Crippen molar-refractivity contribution in [1.29, 1.82) is 0 Å². The molecular weight excluding hydrogens is 346 g/mol. The highest BCUT2D eigenvalue weighted by Crippen LogP contribution is 2.41. The molecule has 1 aliphatic rings. The van der Waals surface area contributed by atoms with Crippen LogP contribution in [0.25, 0.3) is 0 Å². The SMILES string of the molecule is C=CCOC(=O)C1(C(=O)OC)CC(CC(=O)OC)N(OC(C)(C)C)C1=O. The average molecular weight is 371 g/mol. The van der Waals surface area contributed by atoms with Crippen LogP contribution in [0.2, 0.25) is 0 Å². The van der Waals surface area contributed by atoms with Crippen LogP contribution in [0.3, 0.4) is 0 Å². The number of hydrogen-bond acceptors (Lipinski definition) is 8. The standard InChI is InChI=1S/C17H25NO8/c1-7-8-25-15(22)17(14(21)24-6)10-11(9-12(19)23-5)18(13(17)20)26-16(2,3)4/h7,11H,1,8-10H2,2-6H3. The molecule has 1 heterocycles. The second-order valence-electron chi connectivity index (χ2n) is 6.76. The average Bonchev–Trinajstić information content (AvgIpc) is 2.84. The highest BCUT2D eigenvalue weighted by atomic mass is 16.7. The molecule has 0 radical (unpaired) electrons. The second kappa shape index (κ2) is 8.31. The topological polar surface area (TPSA) is 108 Å². The predicted octanol–water partition coefficient (Wildman–Crippen LogP) is 0.769. The van der Waals surface area contributed by atoms with Crippen molar-refractivity contribution in [2.45, 2.75) is 45.3 Å². The van der Waals surface area contributed by atoms with Gasteiger partial charge in [0.2, 0.25) is 5.41 Å². The van der Waals surface area contributed by atoms with Crippen molar-refractivity contribution >= 4 is 23.8 Å². The third-order valence-electron chi connectivity index (χ3n) is 3.66. The molecule has 0 aromatic carbocycles. The van der Waals surface area contributed by atoms with Gasteiger partial charge in [-0.2, -0.15) is 0 Å². The largest absolute Gasteiger partial charge is 0.469 e. The summed E-state index contributed by atoms with van der Waals surface area (Å²) in [5, 5.41) is 0.878. The number of amides is 1. The van der Waals surface area contributed by atoms with Gasteiger partial charge in [0.25, 0.3) is 5.91 Å². The number of hydroxylamine groups is 2. The van der Waals surface area contributed by atoms with Crippen molar-refractivity contribution in [3.63, 3.8) is 0 Å². The predicted molar refractivity (Wildman–Crippen MR) is 88.3 cm³/mol. The molecule has 0 aromatic heterocycles. The molecule has 2 unspecified atom stereocenters. The van der Waals surface area contributed by atoms with Gasteiger partial charge in [-0.1, -0.05) is 12.7 Å². The number of ether oxygens (including phenoxy) is 3. The van der Waals surface area contributed by atoms with Gasteiger partial charge in [-0.05, 0) is 20.8 Å². The Kier molecular flexibility index (Phi) is 6.91. The summed E-state index contributed by atoms with van der Waals surface area (Å²) in [7, 11) is 2.25. The quantitative estimate of drug-likeness (QED) is 0.279. The van der Waals surface area contributed by atoms with Crippen LogP contribution in [0, 0.1) is 5.41 Å². The zero-order chi connectivity index (χ0) is 20.1. The molecule has 1 amide bonds. The fraction of sp³-hybridized carbons (Fsp3) is 0.647. The minimum absolute atomic E-state index is 0.188. The van der Waals surface area contributed by atoms with E-state index in [4.69, 9.17) is 9.57 Å². The number of carbonyl (C=O) groups is 4. The van der Waals surface area contributed by atoms with Gasteiger partial charge in [-0.3, -0.25) is 24.0 Å². The minimum atomic E-state index is -2.25. The number of carbonyl (C=O) groups excluding carboxylic acids is 4. The fourth-order valence-corrected chi connectivity index (χ4v) is 2.58. The summed E-state index contributed by atoms with van der Waals surface area (Å²) in [5.41, 5.74) is -3.07. The van der Waals surface area contributed by atoms with Crippen molar-refractivity contribution in [2.75, 3.05) is 20.8 Å². The molecule has 1 saturated heterocycles. The molecule has 1 fully saturated rings. The first kappa shape index (κ1) is 21.6. The Morgan fingerprint density at radius 2 is 1.85 bits per heavy atom. The molecule has 0 spiro atoms. The molecule has 9 heteroatoms. The molecule has 26 heavy (non-hydrogen) atoms. The van der Waals surface area contributed by atoms with Gasteiger partial charge in [0.15, 0.2) is 0 Å². The number of rotatable bonds is 7. The third kappa shape index (κ3) is 4.40.